The van der Waals surface area contributed by atoms with E-state index in [2.05, 4.69) is 22.4 Å². The topological polar surface area (TPSA) is 110 Å². The Morgan fingerprint density at radius 1 is 1.11 bits per heavy atom. The number of aromatic nitrogens is 2. The van der Waals surface area contributed by atoms with Gasteiger partial charge in [0.25, 0.3) is 11.8 Å². The molecule has 2 heterocycles. The van der Waals surface area contributed by atoms with Gasteiger partial charge < -0.3 is 20.5 Å². The smallest absolute Gasteiger partial charge is 0.258 e. The number of hydrogen-bond acceptors (Lipinski definition) is 7. The van der Waals surface area contributed by atoms with E-state index >= 15 is 0 Å². The van der Waals surface area contributed by atoms with Crippen LogP contribution in [0.1, 0.15) is 48.4 Å². The number of allylic oxidation sites excluding steroid dienone is 3. The Kier molecular flexibility index (Phi) is 8.41. The summed E-state index contributed by atoms with van der Waals surface area (Å²) in [7, 11) is 0. The van der Waals surface area contributed by atoms with Crippen molar-refractivity contribution in [1.29, 1.82) is 0 Å². The van der Waals surface area contributed by atoms with E-state index in [1.807, 2.05) is 71.6 Å². The second-order valence-corrected chi connectivity index (χ2v) is 8.60. The van der Waals surface area contributed by atoms with Crippen molar-refractivity contribution in [2.24, 2.45) is 10.7 Å². The highest BCUT2D eigenvalue weighted by atomic mass is 16.5. The van der Waals surface area contributed by atoms with Gasteiger partial charge in [0.15, 0.2) is 0 Å². The van der Waals surface area contributed by atoms with Gasteiger partial charge in [-0.3, -0.25) is 4.79 Å². The summed E-state index contributed by atoms with van der Waals surface area (Å²) in [6.07, 6.45) is 5.77. The predicted molar refractivity (Wildman–Crippen MR) is 142 cm³/mol. The molecule has 1 aromatic heterocycles. The zero-order valence-corrected chi connectivity index (χ0v) is 20.8. The molecule has 1 amide bonds. The fourth-order valence-corrected chi connectivity index (χ4v) is 3.90. The molecule has 2 aromatic carbocycles. The standard InChI is InChI=1S/C28H32N6O2/c1-3-4-11-24(21-12-14-23(15-13-21)28(35)34-18-8-16-30-17-19-34)31-25(20(2)29)26-32-27(36-33-26)22-9-6-5-7-10-22/h4-7,9-15,30H,3,8,16-19,29H2,1-2H3/b11-4-,25-20+,31-24+. The Hall–Kier alpha value is -4.04. The van der Waals surface area contributed by atoms with Crippen molar-refractivity contribution in [1.82, 2.24) is 20.4 Å². The fourth-order valence-electron chi connectivity index (χ4n) is 3.90. The molecule has 0 radical (unpaired) electrons. The molecule has 3 N–H and O–H groups in total. The minimum absolute atomic E-state index is 0.0477. The van der Waals surface area contributed by atoms with Crippen LogP contribution in [0.5, 0.6) is 0 Å². The van der Waals surface area contributed by atoms with Crippen molar-refractivity contribution in [3.05, 3.63) is 89.4 Å². The molecule has 8 heteroatoms. The average Bonchev–Trinajstić information content (AvgIpc) is 3.23. The lowest BCUT2D eigenvalue weighted by Gasteiger charge is -2.20. The minimum atomic E-state index is 0.0477. The van der Waals surface area contributed by atoms with Crippen molar-refractivity contribution in [3.63, 3.8) is 0 Å². The molecule has 4 rings (SSSR count). The highest BCUT2D eigenvalue weighted by Gasteiger charge is 2.18. The Balaban J connectivity index is 1.63. The van der Waals surface area contributed by atoms with Crippen molar-refractivity contribution in [2.45, 2.75) is 26.7 Å². The fraction of sp³-hybridized carbons (Fsp3) is 0.286. The second-order valence-electron chi connectivity index (χ2n) is 8.60. The number of benzene rings is 2. The maximum Gasteiger partial charge on any atom is 0.258 e. The molecule has 0 aliphatic carbocycles. The molecule has 186 valence electrons. The lowest BCUT2D eigenvalue weighted by atomic mass is 10.1. The molecule has 8 nitrogen and oxygen atoms in total. The molecule has 1 saturated heterocycles. The van der Waals surface area contributed by atoms with Crippen LogP contribution in [0.15, 0.2) is 82.0 Å². The van der Waals surface area contributed by atoms with Crippen LogP contribution in [-0.4, -0.2) is 52.8 Å². The SMILES string of the molecule is CC\C=C/C(=N\C(=C(/C)N)c1noc(-c2ccccc2)n1)c1ccc(C(=O)N2CCCNCC2)cc1. The van der Waals surface area contributed by atoms with Gasteiger partial charge >= 0.3 is 0 Å². The van der Waals surface area contributed by atoms with Crippen molar-refractivity contribution < 1.29 is 9.32 Å². The molecule has 0 unspecified atom stereocenters. The number of nitrogens with one attached hydrogen (secondary N) is 1. The molecule has 36 heavy (non-hydrogen) atoms. The Bertz CT molecular complexity index is 1250. The molecule has 1 aliphatic heterocycles. The molecule has 0 bridgehead atoms. The number of aliphatic imine (C=N–C) groups is 1. The molecule has 0 spiro atoms. The Labute approximate surface area is 211 Å². The van der Waals surface area contributed by atoms with Crippen LogP contribution in [0.3, 0.4) is 0 Å². The largest absolute Gasteiger partial charge is 0.400 e. The Morgan fingerprint density at radius 3 is 2.58 bits per heavy atom. The van der Waals surface area contributed by atoms with Gasteiger partial charge in [-0.05, 0) is 56.7 Å². The summed E-state index contributed by atoms with van der Waals surface area (Å²) >= 11 is 0. The third-order valence-electron chi connectivity index (χ3n) is 5.83. The van der Waals surface area contributed by atoms with Crippen molar-refractivity contribution >= 4 is 17.3 Å². The van der Waals surface area contributed by atoms with Gasteiger partial charge in [0.2, 0.25) is 5.82 Å². The monoisotopic (exact) mass is 484 g/mol. The summed E-state index contributed by atoms with van der Waals surface area (Å²) in [5.74, 6) is 0.765. The summed E-state index contributed by atoms with van der Waals surface area (Å²) in [4.78, 5) is 24.2. The van der Waals surface area contributed by atoms with Crippen LogP contribution in [-0.2, 0) is 0 Å². The van der Waals surface area contributed by atoms with Crippen LogP contribution >= 0.6 is 0 Å². The molecule has 1 fully saturated rings. The number of nitrogens with zero attached hydrogens (tertiary/aromatic N) is 4. The summed E-state index contributed by atoms with van der Waals surface area (Å²) in [5, 5.41) is 7.46. The molecular formula is C28H32N6O2. The van der Waals surface area contributed by atoms with Crippen LogP contribution in [0.4, 0.5) is 0 Å². The third-order valence-corrected chi connectivity index (χ3v) is 5.83. The van der Waals surface area contributed by atoms with E-state index in [4.69, 9.17) is 15.2 Å². The molecular weight excluding hydrogens is 452 g/mol. The zero-order valence-electron chi connectivity index (χ0n) is 20.8. The lowest BCUT2D eigenvalue weighted by Crippen LogP contribution is -2.34. The first-order chi connectivity index (χ1) is 17.6. The average molecular weight is 485 g/mol. The minimum Gasteiger partial charge on any atom is -0.400 e. The zero-order chi connectivity index (χ0) is 25.3. The lowest BCUT2D eigenvalue weighted by molar-refractivity contribution is 0.0766. The van der Waals surface area contributed by atoms with Crippen LogP contribution in [0.2, 0.25) is 0 Å². The highest BCUT2D eigenvalue weighted by molar-refractivity contribution is 6.11. The van der Waals surface area contributed by atoms with Gasteiger partial charge in [-0.25, -0.2) is 4.99 Å². The first kappa shape index (κ1) is 25.1. The van der Waals surface area contributed by atoms with E-state index in [-0.39, 0.29) is 5.91 Å². The van der Waals surface area contributed by atoms with Gasteiger partial charge in [0, 0.05) is 42.0 Å². The first-order valence-corrected chi connectivity index (χ1v) is 12.3. The maximum absolute atomic E-state index is 13.0. The van der Waals surface area contributed by atoms with Gasteiger partial charge in [0.05, 0.1) is 5.71 Å². The van der Waals surface area contributed by atoms with Crippen LogP contribution < -0.4 is 11.1 Å². The van der Waals surface area contributed by atoms with Gasteiger partial charge in [-0.15, -0.1) is 0 Å². The second kappa shape index (κ2) is 12.1. The molecule has 0 atom stereocenters. The van der Waals surface area contributed by atoms with Crippen molar-refractivity contribution in [3.8, 4) is 11.5 Å². The number of nitrogens with two attached hydrogens (primary N) is 1. The van der Waals surface area contributed by atoms with E-state index in [0.29, 0.717) is 40.9 Å². The predicted octanol–water partition coefficient (Wildman–Crippen LogP) is 4.27. The number of carbonyl (C=O) groups excluding carboxylic acids is 1. The number of hydrogen-bond donors (Lipinski definition) is 2. The summed E-state index contributed by atoms with van der Waals surface area (Å²) in [6, 6.07) is 17.1. The van der Waals surface area contributed by atoms with Crippen LogP contribution in [0.25, 0.3) is 17.2 Å². The molecule has 1 aliphatic rings. The number of carbonyl (C=O) groups is 1. The van der Waals surface area contributed by atoms with E-state index in [0.717, 1.165) is 43.6 Å². The number of rotatable bonds is 7. The molecule has 3 aromatic rings. The van der Waals surface area contributed by atoms with Crippen molar-refractivity contribution in [2.75, 3.05) is 26.2 Å². The van der Waals surface area contributed by atoms with E-state index in [1.165, 1.54) is 0 Å². The van der Waals surface area contributed by atoms with Crippen LogP contribution in [0, 0.1) is 0 Å². The van der Waals surface area contributed by atoms with E-state index in [1.54, 1.807) is 6.92 Å². The molecule has 0 saturated carbocycles. The first-order valence-electron chi connectivity index (χ1n) is 12.3. The maximum atomic E-state index is 13.0. The summed E-state index contributed by atoms with van der Waals surface area (Å²) < 4.78 is 5.47. The summed E-state index contributed by atoms with van der Waals surface area (Å²) in [5.41, 5.74) is 10.2. The van der Waals surface area contributed by atoms with E-state index in [9.17, 15) is 4.79 Å². The normalized spacial score (nSPS) is 15.6. The summed E-state index contributed by atoms with van der Waals surface area (Å²) in [6.45, 7) is 7.05. The number of amides is 1. The van der Waals surface area contributed by atoms with Gasteiger partial charge in [-0.1, -0.05) is 48.5 Å². The highest BCUT2D eigenvalue weighted by Crippen LogP contribution is 2.23. The Morgan fingerprint density at radius 2 is 1.86 bits per heavy atom. The van der Waals surface area contributed by atoms with E-state index < -0.39 is 0 Å². The van der Waals surface area contributed by atoms with Gasteiger partial charge in [0.1, 0.15) is 5.70 Å². The van der Waals surface area contributed by atoms with Gasteiger partial charge in [-0.2, -0.15) is 4.98 Å². The quantitative estimate of drug-likeness (QED) is 0.485. The third kappa shape index (κ3) is 6.14.